The van der Waals surface area contributed by atoms with E-state index in [1.165, 1.54) is 11.0 Å². The van der Waals surface area contributed by atoms with Crippen molar-refractivity contribution in [2.24, 2.45) is 11.8 Å². The second-order valence-electron chi connectivity index (χ2n) is 7.35. The minimum absolute atomic E-state index is 0.205. The Balaban J connectivity index is 1.40. The topological polar surface area (TPSA) is 71.5 Å². The molecule has 2 saturated heterocycles. The average Bonchev–Trinajstić information content (AvgIpc) is 3.36. The van der Waals surface area contributed by atoms with Gasteiger partial charge in [-0.1, -0.05) is 30.4 Å². The van der Waals surface area contributed by atoms with E-state index in [1.54, 1.807) is 36.7 Å². The van der Waals surface area contributed by atoms with Gasteiger partial charge in [-0.3, -0.25) is 14.6 Å². The third kappa shape index (κ3) is 2.46. The van der Waals surface area contributed by atoms with Gasteiger partial charge in [0.2, 0.25) is 11.8 Å². The predicted molar refractivity (Wildman–Crippen MR) is 98.6 cm³/mol. The van der Waals surface area contributed by atoms with Gasteiger partial charge < -0.3 is 15.0 Å². The Bertz CT molecular complexity index is 980. The molecule has 3 aliphatic heterocycles. The van der Waals surface area contributed by atoms with E-state index in [0.29, 0.717) is 6.54 Å². The first-order chi connectivity index (χ1) is 13.6. The molecule has 0 unspecified atom stereocenters. The van der Waals surface area contributed by atoms with Crippen LogP contribution in [0.3, 0.4) is 0 Å². The molecular weight excluding hydrogens is 361 g/mol. The van der Waals surface area contributed by atoms with Crippen molar-refractivity contribution in [3.05, 3.63) is 72.3 Å². The van der Waals surface area contributed by atoms with Gasteiger partial charge in [-0.25, -0.2) is 4.39 Å². The van der Waals surface area contributed by atoms with Crippen LogP contribution in [0.2, 0.25) is 0 Å². The fourth-order valence-electron chi connectivity index (χ4n) is 4.48. The zero-order chi connectivity index (χ0) is 19.3. The van der Waals surface area contributed by atoms with Crippen LogP contribution in [-0.4, -0.2) is 35.0 Å². The van der Waals surface area contributed by atoms with Crippen LogP contribution >= 0.6 is 0 Å². The van der Waals surface area contributed by atoms with Gasteiger partial charge in [0.25, 0.3) is 0 Å². The lowest BCUT2D eigenvalue weighted by atomic mass is 9.77. The number of hydrogen-bond donors (Lipinski definition) is 1. The minimum Gasteiger partial charge on any atom is -0.360 e. The summed E-state index contributed by atoms with van der Waals surface area (Å²) < 4.78 is 20.3. The number of hydrogen-bond acceptors (Lipinski definition) is 4. The van der Waals surface area contributed by atoms with Gasteiger partial charge in [-0.05, 0) is 23.8 Å². The highest BCUT2D eigenvalue weighted by atomic mass is 19.1. The largest absolute Gasteiger partial charge is 0.360 e. The van der Waals surface area contributed by atoms with Crippen molar-refractivity contribution in [1.29, 1.82) is 0 Å². The molecule has 5 rings (SSSR count). The average molecular weight is 379 g/mol. The van der Waals surface area contributed by atoms with Crippen LogP contribution in [0, 0.1) is 17.7 Å². The normalized spacial score (nSPS) is 30.0. The first-order valence-corrected chi connectivity index (χ1v) is 9.19. The molecule has 4 atom stereocenters. The van der Waals surface area contributed by atoms with Crippen LogP contribution in [-0.2, 0) is 20.9 Å². The molecule has 1 N–H and O–H groups in total. The summed E-state index contributed by atoms with van der Waals surface area (Å²) >= 11 is 0. The molecule has 28 heavy (non-hydrogen) atoms. The van der Waals surface area contributed by atoms with Crippen LogP contribution in [0.25, 0.3) is 0 Å². The third-order valence-corrected chi connectivity index (χ3v) is 5.74. The molecule has 7 heteroatoms. The van der Waals surface area contributed by atoms with Crippen LogP contribution in [0.1, 0.15) is 5.56 Å². The highest BCUT2D eigenvalue weighted by Gasteiger charge is 2.67. The number of carbonyl (C=O) groups excluding carboxylic acids is 2. The zero-order valence-corrected chi connectivity index (χ0v) is 14.9. The molecule has 4 heterocycles. The number of amides is 2. The fourth-order valence-corrected chi connectivity index (χ4v) is 4.48. The van der Waals surface area contributed by atoms with E-state index in [0.717, 1.165) is 5.56 Å². The number of nitrogens with one attached hydrogen (secondary N) is 1. The zero-order valence-electron chi connectivity index (χ0n) is 14.9. The molecule has 0 aliphatic carbocycles. The first-order valence-electron chi connectivity index (χ1n) is 9.19. The van der Waals surface area contributed by atoms with Crippen molar-refractivity contribution in [1.82, 2.24) is 10.3 Å². The monoisotopic (exact) mass is 379 g/mol. The molecule has 1 aromatic heterocycles. The van der Waals surface area contributed by atoms with Crippen molar-refractivity contribution < 1.29 is 18.7 Å². The number of anilines is 1. The van der Waals surface area contributed by atoms with Gasteiger partial charge in [0.15, 0.2) is 0 Å². The van der Waals surface area contributed by atoms with Gasteiger partial charge in [0.1, 0.15) is 11.4 Å². The molecule has 2 bridgehead atoms. The van der Waals surface area contributed by atoms with Gasteiger partial charge in [-0.2, -0.15) is 0 Å². The lowest BCUT2D eigenvalue weighted by Gasteiger charge is -2.23. The number of carbonyl (C=O) groups is 2. The highest BCUT2D eigenvalue weighted by Crippen LogP contribution is 2.52. The van der Waals surface area contributed by atoms with E-state index < -0.39 is 29.4 Å². The molecule has 2 amide bonds. The Labute approximate surface area is 161 Å². The van der Waals surface area contributed by atoms with E-state index in [2.05, 4.69) is 10.3 Å². The van der Waals surface area contributed by atoms with Gasteiger partial charge in [0, 0.05) is 18.9 Å². The number of fused-ring (bicyclic) bond motifs is 1. The van der Waals surface area contributed by atoms with E-state index in [1.807, 2.05) is 18.2 Å². The Morgan fingerprint density at radius 3 is 2.96 bits per heavy atom. The number of aromatic nitrogens is 1. The number of pyridine rings is 1. The first kappa shape index (κ1) is 17.1. The van der Waals surface area contributed by atoms with Gasteiger partial charge >= 0.3 is 0 Å². The summed E-state index contributed by atoms with van der Waals surface area (Å²) in [5, 5.41) is 2.88. The Morgan fingerprint density at radius 1 is 1.32 bits per heavy atom. The number of para-hydroxylation sites is 1. The Hall–Kier alpha value is -3.06. The van der Waals surface area contributed by atoms with Crippen molar-refractivity contribution in [3.8, 4) is 0 Å². The summed E-state index contributed by atoms with van der Waals surface area (Å²) in [5.41, 5.74) is 0.211. The summed E-state index contributed by atoms with van der Waals surface area (Å²) in [6.45, 7) is 0.529. The second-order valence-corrected chi connectivity index (χ2v) is 7.35. The van der Waals surface area contributed by atoms with E-state index >= 15 is 0 Å². The summed E-state index contributed by atoms with van der Waals surface area (Å²) in [6.07, 6.45) is 6.60. The Morgan fingerprint density at radius 2 is 2.18 bits per heavy atom. The van der Waals surface area contributed by atoms with E-state index in [4.69, 9.17) is 4.74 Å². The number of benzene rings is 1. The number of rotatable bonds is 4. The maximum absolute atomic E-state index is 14.3. The summed E-state index contributed by atoms with van der Waals surface area (Å²) in [7, 11) is 0. The van der Waals surface area contributed by atoms with Crippen LogP contribution in [0.5, 0.6) is 0 Å². The summed E-state index contributed by atoms with van der Waals surface area (Å²) in [4.78, 5) is 31.5. The number of nitrogens with zero attached hydrogens (tertiary/aromatic N) is 2. The maximum Gasteiger partial charge on any atom is 0.234 e. The van der Waals surface area contributed by atoms with Crippen LogP contribution in [0.15, 0.2) is 60.9 Å². The van der Waals surface area contributed by atoms with E-state index in [-0.39, 0.29) is 24.0 Å². The van der Waals surface area contributed by atoms with Crippen molar-refractivity contribution >= 4 is 17.5 Å². The maximum atomic E-state index is 14.3. The number of halogens is 1. The minimum atomic E-state index is -0.875. The molecule has 142 valence electrons. The molecule has 6 nitrogen and oxygen atoms in total. The highest BCUT2D eigenvalue weighted by molar-refractivity contribution is 6.03. The van der Waals surface area contributed by atoms with Gasteiger partial charge in [0.05, 0.1) is 30.2 Å². The molecular formula is C21H18FN3O3. The lowest BCUT2D eigenvalue weighted by molar-refractivity contribution is -0.132. The molecule has 0 saturated carbocycles. The van der Waals surface area contributed by atoms with Crippen molar-refractivity contribution in [2.75, 3.05) is 11.4 Å². The van der Waals surface area contributed by atoms with Crippen molar-refractivity contribution in [2.45, 2.75) is 18.2 Å². The fraction of sp³-hybridized carbons (Fsp3) is 0.286. The predicted octanol–water partition coefficient (Wildman–Crippen LogP) is 1.82. The quantitative estimate of drug-likeness (QED) is 0.823. The standard InChI is InChI=1S/C21H18FN3O3/c22-14-5-1-2-6-15(14)25-12-21-8-7-16(28-21)17(18(21)20(25)27)19(26)24-11-13-4-3-9-23-10-13/h1-10,16-18H,11-12H2,(H,24,26)/t16-,17-,18+,21+/m1/s1. The molecule has 1 aromatic carbocycles. The molecule has 0 radical (unpaired) electrons. The molecule has 2 aromatic rings. The third-order valence-electron chi connectivity index (χ3n) is 5.74. The second kappa shape index (κ2) is 6.24. The van der Waals surface area contributed by atoms with Gasteiger partial charge in [-0.15, -0.1) is 0 Å². The molecule has 3 aliphatic rings. The number of ether oxygens (including phenoxy) is 1. The van der Waals surface area contributed by atoms with Crippen LogP contribution < -0.4 is 10.2 Å². The summed E-state index contributed by atoms with van der Waals surface area (Å²) in [5.74, 6) is -2.28. The summed E-state index contributed by atoms with van der Waals surface area (Å²) in [6, 6.07) is 9.82. The lowest BCUT2D eigenvalue weighted by Crippen LogP contribution is -2.44. The Kier molecular flexibility index (Phi) is 3.80. The SMILES string of the molecule is O=C(NCc1cccnc1)[C@H]1[C@H]2C(=O)N(c3ccccc3F)C[C@@]23C=C[C@H]1O3. The smallest absolute Gasteiger partial charge is 0.234 e. The van der Waals surface area contributed by atoms with Crippen LogP contribution in [0.4, 0.5) is 10.1 Å². The van der Waals surface area contributed by atoms with E-state index in [9.17, 15) is 14.0 Å². The van der Waals surface area contributed by atoms with Crippen molar-refractivity contribution in [3.63, 3.8) is 0 Å². The molecule has 1 spiro atoms. The molecule has 2 fully saturated rings.